The van der Waals surface area contributed by atoms with Gasteiger partial charge in [0.05, 0.1) is 6.42 Å². The highest BCUT2D eigenvalue weighted by Gasteiger charge is 2.23. The van der Waals surface area contributed by atoms with Crippen molar-refractivity contribution in [3.05, 3.63) is 0 Å². The van der Waals surface area contributed by atoms with Gasteiger partial charge in [-0.3, -0.25) is 9.59 Å². The van der Waals surface area contributed by atoms with Crippen molar-refractivity contribution in [2.45, 2.75) is 128 Å². The molecule has 0 aromatic heterocycles. The van der Waals surface area contributed by atoms with Gasteiger partial charge >= 0.3 is 11.9 Å². The Balaban J connectivity index is 3.70. The van der Waals surface area contributed by atoms with E-state index in [2.05, 4.69) is 29.8 Å². The topological polar surface area (TPSA) is 63.6 Å². The van der Waals surface area contributed by atoms with Crippen LogP contribution in [0.1, 0.15) is 117 Å². The second-order valence-corrected chi connectivity index (χ2v) is 8.70. The van der Waals surface area contributed by atoms with E-state index in [9.17, 15) is 9.59 Å². The van der Waals surface area contributed by atoms with E-state index < -0.39 is 16.8 Å². The van der Waals surface area contributed by atoms with E-state index in [-0.39, 0.29) is 12.5 Å². The molecule has 1 N–H and O–H groups in total. The van der Waals surface area contributed by atoms with Crippen LogP contribution in [0.2, 0.25) is 0 Å². The lowest BCUT2D eigenvalue weighted by Crippen LogP contribution is -2.26. The maximum Gasteiger partial charge on any atom is 0.320 e. The van der Waals surface area contributed by atoms with Crippen molar-refractivity contribution in [3.8, 4) is 0 Å². The van der Waals surface area contributed by atoms with Crippen LogP contribution in [0.3, 0.4) is 0 Å². The van der Waals surface area contributed by atoms with Crippen molar-refractivity contribution < 1.29 is 19.4 Å². The number of alkyl halides is 1. The predicted molar refractivity (Wildman–Crippen MR) is 115 cm³/mol. The predicted octanol–water partition coefficient (Wildman–Crippen LogP) is 7.03. The Morgan fingerprint density at radius 1 is 0.778 bits per heavy atom. The van der Waals surface area contributed by atoms with Gasteiger partial charge in [-0.1, -0.05) is 107 Å². The summed E-state index contributed by atoms with van der Waals surface area (Å²) in [5.74, 6) is -1.45. The van der Waals surface area contributed by atoms with Gasteiger partial charge in [-0.05, 0) is 19.3 Å². The first kappa shape index (κ1) is 26.4. The van der Waals surface area contributed by atoms with Gasteiger partial charge in [-0.15, -0.1) is 0 Å². The quantitative estimate of drug-likeness (QED) is 0.131. The van der Waals surface area contributed by atoms with Gasteiger partial charge in [0.15, 0.2) is 0 Å². The molecule has 2 atom stereocenters. The number of halogens is 1. The van der Waals surface area contributed by atoms with Gasteiger partial charge in [0.1, 0.15) is 10.9 Å². The zero-order valence-electron chi connectivity index (χ0n) is 17.5. The largest absolute Gasteiger partial charge is 0.481 e. The molecule has 5 heteroatoms. The second-order valence-electron chi connectivity index (χ2n) is 7.59. The second kappa shape index (κ2) is 18.8. The summed E-state index contributed by atoms with van der Waals surface area (Å²) in [4.78, 5) is 21.9. The lowest BCUT2D eigenvalue weighted by atomic mass is 10.0. The van der Waals surface area contributed by atoms with Crippen molar-refractivity contribution >= 4 is 27.9 Å². The molecule has 0 saturated carbocycles. The number of rotatable bonds is 19. The fraction of sp³-hybridized carbons (Fsp3) is 0.909. The smallest absolute Gasteiger partial charge is 0.320 e. The first-order chi connectivity index (χ1) is 13.0. The molecule has 0 radical (unpaired) electrons. The van der Waals surface area contributed by atoms with E-state index in [1.165, 1.54) is 70.6 Å². The van der Waals surface area contributed by atoms with E-state index in [0.717, 1.165) is 25.7 Å². The molecule has 0 fully saturated rings. The molecular weight excluding hydrogens is 408 g/mol. The number of esters is 1. The number of carboxylic acid groups (broad SMARTS) is 1. The normalized spacial score (nSPS) is 13.3. The molecule has 0 saturated heterocycles. The maximum atomic E-state index is 11.9. The Morgan fingerprint density at radius 3 is 1.70 bits per heavy atom. The van der Waals surface area contributed by atoms with Gasteiger partial charge in [-0.25, -0.2) is 0 Å². The number of unbranched alkanes of at least 4 members (excludes halogenated alkanes) is 11. The van der Waals surface area contributed by atoms with Gasteiger partial charge in [0.2, 0.25) is 0 Å². The first-order valence-corrected chi connectivity index (χ1v) is 12.0. The zero-order chi connectivity index (χ0) is 20.3. The van der Waals surface area contributed by atoms with Crippen molar-refractivity contribution in [1.29, 1.82) is 0 Å². The molecule has 0 heterocycles. The summed E-state index contributed by atoms with van der Waals surface area (Å²) in [6.45, 7) is 4.33. The summed E-state index contributed by atoms with van der Waals surface area (Å²) in [5, 5.41) is 8.76. The SMILES string of the molecule is CCCCCCCCCCCCCCC(CCC)OC(=O)C(Br)CC(=O)O. The molecule has 0 aliphatic carbocycles. The minimum atomic E-state index is -0.998. The first-order valence-electron chi connectivity index (χ1n) is 11.1. The number of carbonyl (C=O) groups is 2. The van der Waals surface area contributed by atoms with Crippen LogP contribution in [0.25, 0.3) is 0 Å². The summed E-state index contributed by atoms with van der Waals surface area (Å²) in [7, 11) is 0. The highest BCUT2D eigenvalue weighted by Crippen LogP contribution is 2.18. The van der Waals surface area contributed by atoms with Crippen LogP contribution in [-0.4, -0.2) is 28.0 Å². The number of carbonyl (C=O) groups excluding carboxylic acids is 1. The molecule has 0 rings (SSSR count). The number of carboxylic acids is 1. The third-order valence-corrected chi connectivity index (χ3v) is 5.58. The fourth-order valence-electron chi connectivity index (χ4n) is 3.27. The number of ether oxygens (including phenoxy) is 1. The molecular formula is C22H41BrO4. The fourth-order valence-corrected chi connectivity index (χ4v) is 3.66. The maximum absolute atomic E-state index is 11.9. The molecule has 0 aliphatic heterocycles. The Morgan fingerprint density at radius 2 is 1.26 bits per heavy atom. The molecule has 0 aliphatic rings. The minimum absolute atomic E-state index is 0.0838. The molecule has 0 aromatic rings. The number of hydrogen-bond donors (Lipinski definition) is 1. The number of aliphatic carboxylic acids is 1. The average Bonchev–Trinajstić information content (AvgIpc) is 2.62. The summed E-state index contributed by atoms with van der Waals surface area (Å²) >= 11 is 3.11. The summed E-state index contributed by atoms with van der Waals surface area (Å²) < 4.78 is 5.50. The van der Waals surface area contributed by atoms with Crippen LogP contribution in [0.5, 0.6) is 0 Å². The van der Waals surface area contributed by atoms with Crippen molar-refractivity contribution in [2.24, 2.45) is 0 Å². The van der Waals surface area contributed by atoms with Gasteiger partial charge in [0, 0.05) is 0 Å². The monoisotopic (exact) mass is 448 g/mol. The third kappa shape index (κ3) is 17.3. The molecule has 4 nitrogen and oxygen atoms in total. The highest BCUT2D eigenvalue weighted by atomic mass is 79.9. The molecule has 0 spiro atoms. The Labute approximate surface area is 175 Å². The van der Waals surface area contributed by atoms with E-state index in [0.29, 0.717) is 0 Å². The summed E-state index contributed by atoms with van der Waals surface area (Å²) in [6, 6.07) is 0. The van der Waals surface area contributed by atoms with E-state index in [4.69, 9.17) is 9.84 Å². The van der Waals surface area contributed by atoms with Crippen molar-refractivity contribution in [1.82, 2.24) is 0 Å². The molecule has 160 valence electrons. The van der Waals surface area contributed by atoms with Crippen LogP contribution in [0.15, 0.2) is 0 Å². The standard InChI is InChI=1S/C22H41BrO4/c1-3-5-6-7-8-9-10-11-12-13-14-15-17-19(16-4-2)27-22(26)20(23)18-21(24)25/h19-20H,3-18H2,1-2H3,(H,24,25). The average molecular weight is 449 g/mol. The Kier molecular flexibility index (Phi) is 18.4. The molecule has 0 bridgehead atoms. The Hall–Kier alpha value is -0.580. The summed E-state index contributed by atoms with van der Waals surface area (Å²) in [6.07, 6.45) is 18.1. The van der Waals surface area contributed by atoms with Crippen molar-refractivity contribution in [3.63, 3.8) is 0 Å². The molecule has 0 amide bonds. The molecule has 0 aromatic carbocycles. The van der Waals surface area contributed by atoms with Crippen LogP contribution >= 0.6 is 15.9 Å². The van der Waals surface area contributed by atoms with Crippen LogP contribution in [0.4, 0.5) is 0 Å². The van der Waals surface area contributed by atoms with Gasteiger partial charge in [0.25, 0.3) is 0 Å². The lowest BCUT2D eigenvalue weighted by molar-refractivity contribution is -0.151. The lowest BCUT2D eigenvalue weighted by Gasteiger charge is -2.19. The van der Waals surface area contributed by atoms with Crippen LogP contribution in [-0.2, 0) is 14.3 Å². The Bertz CT molecular complexity index is 373. The highest BCUT2D eigenvalue weighted by molar-refractivity contribution is 9.10. The van der Waals surface area contributed by atoms with Crippen LogP contribution < -0.4 is 0 Å². The van der Waals surface area contributed by atoms with Crippen molar-refractivity contribution in [2.75, 3.05) is 0 Å². The summed E-state index contributed by atoms with van der Waals surface area (Å²) in [5.41, 5.74) is 0. The van der Waals surface area contributed by atoms with Crippen LogP contribution in [0, 0.1) is 0 Å². The molecule has 27 heavy (non-hydrogen) atoms. The van der Waals surface area contributed by atoms with Gasteiger partial charge < -0.3 is 9.84 Å². The molecule has 2 unspecified atom stereocenters. The van der Waals surface area contributed by atoms with E-state index >= 15 is 0 Å². The van der Waals surface area contributed by atoms with Gasteiger partial charge in [-0.2, -0.15) is 0 Å². The zero-order valence-corrected chi connectivity index (χ0v) is 19.1. The van der Waals surface area contributed by atoms with E-state index in [1.54, 1.807) is 0 Å². The number of hydrogen-bond acceptors (Lipinski definition) is 3. The minimum Gasteiger partial charge on any atom is -0.481 e. The van der Waals surface area contributed by atoms with E-state index in [1.807, 2.05) is 0 Å². The third-order valence-electron chi connectivity index (χ3n) is 4.88.